The molecule has 1 aliphatic carbocycles. The number of benzene rings is 1. The molecule has 1 amide bonds. The number of pyridine rings is 1. The van der Waals surface area contributed by atoms with Crippen molar-refractivity contribution in [2.75, 3.05) is 5.32 Å². The van der Waals surface area contributed by atoms with Crippen molar-refractivity contribution in [2.45, 2.75) is 58.8 Å². The molecule has 0 saturated heterocycles. The minimum atomic E-state index is -0.349. The molecular weight excluding hydrogens is 308 g/mol. The zero-order valence-corrected chi connectivity index (χ0v) is 15.2. The summed E-state index contributed by atoms with van der Waals surface area (Å²) in [5, 5.41) is 4.22. The van der Waals surface area contributed by atoms with E-state index < -0.39 is 0 Å². The van der Waals surface area contributed by atoms with Crippen LogP contribution in [-0.4, -0.2) is 10.9 Å². The zero-order chi connectivity index (χ0) is 17.7. The Labute approximate surface area is 150 Å². The van der Waals surface area contributed by atoms with E-state index in [2.05, 4.69) is 22.1 Å². The molecule has 1 aromatic heterocycles. The van der Waals surface area contributed by atoms with Crippen LogP contribution in [0.2, 0.25) is 0 Å². The van der Waals surface area contributed by atoms with Gasteiger partial charge in [0.2, 0.25) is 5.91 Å². The molecule has 1 aromatic carbocycles. The van der Waals surface area contributed by atoms with Gasteiger partial charge in [0.05, 0.1) is 22.3 Å². The average Bonchev–Trinajstić information content (AvgIpc) is 2.63. The third-order valence-electron chi connectivity index (χ3n) is 5.18. The molecule has 0 atom stereocenters. The number of amides is 1. The maximum absolute atomic E-state index is 13.2. The summed E-state index contributed by atoms with van der Waals surface area (Å²) in [6.45, 7) is 4.00. The Kier molecular flexibility index (Phi) is 5.38. The zero-order valence-electron chi connectivity index (χ0n) is 15.2. The van der Waals surface area contributed by atoms with E-state index in [1.165, 1.54) is 6.42 Å². The van der Waals surface area contributed by atoms with Crippen LogP contribution in [0.25, 0.3) is 10.9 Å². The van der Waals surface area contributed by atoms with E-state index in [1.807, 2.05) is 44.2 Å². The molecule has 25 heavy (non-hydrogen) atoms. The van der Waals surface area contributed by atoms with Crippen LogP contribution in [0, 0.1) is 24.2 Å². The molecular formula is C22H26N2O. The summed E-state index contributed by atoms with van der Waals surface area (Å²) >= 11 is 0. The monoisotopic (exact) mass is 334 g/mol. The van der Waals surface area contributed by atoms with Crippen LogP contribution in [0.3, 0.4) is 0 Å². The third-order valence-corrected chi connectivity index (χ3v) is 5.18. The maximum atomic E-state index is 13.2. The lowest BCUT2D eigenvalue weighted by molar-refractivity contribution is -0.127. The van der Waals surface area contributed by atoms with E-state index in [-0.39, 0.29) is 11.3 Å². The summed E-state index contributed by atoms with van der Waals surface area (Å²) in [6, 6.07) is 10.0. The van der Waals surface area contributed by atoms with E-state index in [0.717, 1.165) is 54.4 Å². The predicted molar refractivity (Wildman–Crippen MR) is 103 cm³/mol. The van der Waals surface area contributed by atoms with Gasteiger partial charge in [-0.3, -0.25) is 9.78 Å². The van der Waals surface area contributed by atoms with Crippen molar-refractivity contribution in [2.24, 2.45) is 5.41 Å². The summed E-state index contributed by atoms with van der Waals surface area (Å²) in [4.78, 5) is 17.8. The van der Waals surface area contributed by atoms with Crippen LogP contribution in [0.15, 0.2) is 30.3 Å². The van der Waals surface area contributed by atoms with Gasteiger partial charge in [0.15, 0.2) is 0 Å². The molecule has 1 saturated carbocycles. The van der Waals surface area contributed by atoms with Crippen LogP contribution < -0.4 is 5.32 Å². The lowest BCUT2D eigenvalue weighted by atomic mass is 9.71. The fourth-order valence-corrected chi connectivity index (χ4v) is 3.66. The van der Waals surface area contributed by atoms with E-state index in [1.54, 1.807) is 0 Å². The van der Waals surface area contributed by atoms with E-state index >= 15 is 0 Å². The average molecular weight is 334 g/mol. The van der Waals surface area contributed by atoms with E-state index in [9.17, 15) is 4.79 Å². The number of hydrogen-bond acceptors (Lipinski definition) is 2. The summed E-state index contributed by atoms with van der Waals surface area (Å²) in [5.41, 5.74) is 2.28. The smallest absolute Gasteiger partial charge is 0.231 e. The molecule has 0 aliphatic heterocycles. The van der Waals surface area contributed by atoms with Crippen molar-refractivity contribution in [1.29, 1.82) is 0 Å². The summed E-state index contributed by atoms with van der Waals surface area (Å²) in [7, 11) is 0. The van der Waals surface area contributed by atoms with Gasteiger partial charge in [-0.1, -0.05) is 44.4 Å². The van der Waals surface area contributed by atoms with Crippen LogP contribution in [0.1, 0.15) is 57.6 Å². The highest BCUT2D eigenvalue weighted by Gasteiger charge is 2.39. The van der Waals surface area contributed by atoms with E-state index in [0.29, 0.717) is 6.42 Å². The van der Waals surface area contributed by atoms with Crippen LogP contribution in [0.5, 0.6) is 0 Å². The Bertz CT molecular complexity index is 823. The Morgan fingerprint density at radius 1 is 1.20 bits per heavy atom. The third kappa shape index (κ3) is 3.85. The minimum absolute atomic E-state index is 0.109. The minimum Gasteiger partial charge on any atom is -0.324 e. The molecule has 1 N–H and O–H groups in total. The van der Waals surface area contributed by atoms with Crippen molar-refractivity contribution in [1.82, 2.24) is 4.98 Å². The molecule has 1 fully saturated rings. The Balaban J connectivity index is 1.86. The summed E-state index contributed by atoms with van der Waals surface area (Å²) < 4.78 is 0. The van der Waals surface area contributed by atoms with Crippen molar-refractivity contribution in [3.8, 4) is 11.8 Å². The van der Waals surface area contributed by atoms with Gasteiger partial charge in [0.1, 0.15) is 0 Å². The van der Waals surface area contributed by atoms with Gasteiger partial charge in [-0.2, -0.15) is 0 Å². The number of aromatic nitrogens is 1. The molecule has 3 nitrogen and oxygen atoms in total. The van der Waals surface area contributed by atoms with Crippen molar-refractivity contribution in [3.05, 3.63) is 36.0 Å². The predicted octanol–water partition coefficient (Wildman–Crippen LogP) is 5.24. The molecule has 3 heteroatoms. The number of rotatable bonds is 3. The first-order valence-electron chi connectivity index (χ1n) is 9.28. The molecule has 1 heterocycles. The second kappa shape index (κ2) is 7.70. The number of para-hydroxylation sites is 1. The highest BCUT2D eigenvalue weighted by atomic mass is 16.2. The van der Waals surface area contributed by atoms with Crippen molar-refractivity contribution in [3.63, 3.8) is 0 Å². The van der Waals surface area contributed by atoms with Gasteiger partial charge >= 0.3 is 0 Å². The first-order valence-corrected chi connectivity index (χ1v) is 9.28. The second-order valence-electron chi connectivity index (χ2n) is 6.99. The fourth-order valence-electron chi connectivity index (χ4n) is 3.66. The van der Waals surface area contributed by atoms with Gasteiger partial charge in [0.25, 0.3) is 0 Å². The standard InChI is InChI=1S/C22H26N2O/c1-3-4-8-13-22(14-9-5-10-15-22)21(25)24-20-16-18-11-6-7-12-19(18)23-17(20)2/h6-7,11-12,16H,3,5,9-10,13-15H2,1-2H3,(H,24,25). The lowest BCUT2D eigenvalue weighted by Crippen LogP contribution is -2.38. The summed E-state index contributed by atoms with van der Waals surface area (Å²) in [5.74, 6) is 6.47. The fraction of sp³-hybridized carbons (Fsp3) is 0.455. The lowest BCUT2D eigenvalue weighted by Gasteiger charge is -2.34. The molecule has 130 valence electrons. The number of aryl methyl sites for hydroxylation is 1. The largest absolute Gasteiger partial charge is 0.324 e. The molecule has 0 spiro atoms. The SMILES string of the molecule is CCC#CCC1(C(=O)Nc2cc3ccccc3nc2C)CCCCC1. The number of nitrogens with zero attached hydrogens (tertiary/aromatic N) is 1. The number of carbonyl (C=O) groups excluding carboxylic acids is 1. The van der Waals surface area contributed by atoms with Gasteiger partial charge < -0.3 is 5.32 Å². The van der Waals surface area contributed by atoms with Gasteiger partial charge in [-0.05, 0) is 31.9 Å². The number of anilines is 1. The molecule has 0 bridgehead atoms. The van der Waals surface area contributed by atoms with Gasteiger partial charge in [-0.15, -0.1) is 11.8 Å². The van der Waals surface area contributed by atoms with Crippen LogP contribution in [-0.2, 0) is 4.79 Å². The molecule has 2 aromatic rings. The Morgan fingerprint density at radius 2 is 1.96 bits per heavy atom. The number of hydrogen-bond donors (Lipinski definition) is 1. The molecule has 1 aliphatic rings. The first kappa shape index (κ1) is 17.5. The number of fused-ring (bicyclic) bond motifs is 1. The van der Waals surface area contributed by atoms with Crippen LogP contribution >= 0.6 is 0 Å². The topological polar surface area (TPSA) is 42.0 Å². The Morgan fingerprint density at radius 3 is 2.72 bits per heavy atom. The second-order valence-corrected chi connectivity index (χ2v) is 6.99. The normalized spacial score (nSPS) is 16.1. The highest BCUT2D eigenvalue weighted by Crippen LogP contribution is 2.40. The molecule has 0 radical (unpaired) electrons. The molecule has 0 unspecified atom stereocenters. The maximum Gasteiger partial charge on any atom is 0.231 e. The van der Waals surface area contributed by atoms with Gasteiger partial charge in [0, 0.05) is 18.2 Å². The van der Waals surface area contributed by atoms with Gasteiger partial charge in [-0.25, -0.2) is 0 Å². The van der Waals surface area contributed by atoms with Crippen molar-refractivity contribution >= 4 is 22.5 Å². The van der Waals surface area contributed by atoms with Crippen LogP contribution in [0.4, 0.5) is 5.69 Å². The first-order chi connectivity index (χ1) is 12.1. The number of carbonyl (C=O) groups is 1. The summed E-state index contributed by atoms with van der Waals surface area (Å²) in [6.07, 6.45) is 6.78. The van der Waals surface area contributed by atoms with Crippen molar-refractivity contribution < 1.29 is 4.79 Å². The Hall–Kier alpha value is -2.34. The number of nitrogens with one attached hydrogen (secondary N) is 1. The highest BCUT2D eigenvalue weighted by molar-refractivity contribution is 5.97. The van der Waals surface area contributed by atoms with E-state index in [4.69, 9.17) is 0 Å². The quantitative estimate of drug-likeness (QED) is 0.780. The molecule has 3 rings (SSSR count).